The van der Waals surface area contributed by atoms with E-state index in [1.54, 1.807) is 0 Å². The summed E-state index contributed by atoms with van der Waals surface area (Å²) in [6.07, 6.45) is -2.13. The first kappa shape index (κ1) is 31.3. The van der Waals surface area contributed by atoms with Gasteiger partial charge in [-0.3, -0.25) is 19.2 Å². The number of aliphatic carboxylic acids is 2. The second-order valence-corrected chi connectivity index (χ2v) is 9.23. The van der Waals surface area contributed by atoms with E-state index in [2.05, 4.69) is 16.0 Å². The van der Waals surface area contributed by atoms with Crippen LogP contribution in [0.2, 0.25) is 0 Å². The molecule has 0 saturated carbocycles. The highest BCUT2D eigenvalue weighted by atomic mass is 16.4. The molecule has 0 aliphatic carbocycles. The molecule has 0 heterocycles. The third-order valence-electron chi connectivity index (χ3n) is 5.40. The highest BCUT2D eigenvalue weighted by molar-refractivity contribution is 5.94. The number of carboxylic acid groups (broad SMARTS) is 2. The van der Waals surface area contributed by atoms with Crippen LogP contribution in [0.5, 0.6) is 5.75 Å². The summed E-state index contributed by atoms with van der Waals surface area (Å²) in [4.78, 5) is 61.0. The van der Waals surface area contributed by atoms with Gasteiger partial charge in [0.2, 0.25) is 17.7 Å². The Morgan fingerprint density at radius 3 is 1.92 bits per heavy atom. The number of nitrogens with two attached hydrogens (primary N) is 1. The lowest BCUT2D eigenvalue weighted by atomic mass is 10.0. The van der Waals surface area contributed by atoms with E-state index in [1.165, 1.54) is 31.2 Å². The molecule has 206 valence electrons. The van der Waals surface area contributed by atoms with Crippen LogP contribution < -0.4 is 21.7 Å². The number of hydrogen-bond acceptors (Lipinski definition) is 8. The van der Waals surface area contributed by atoms with Crippen LogP contribution in [0.1, 0.15) is 45.6 Å². The Labute approximate surface area is 214 Å². The standard InChI is InChI=1S/C24H36N4O9/c1-12(2)10-16(25)21(33)28-20(13(3)29)23(35)26-17(8-9-19(31)32)22(34)27-18(24(36)37)11-14-4-6-15(30)7-5-14/h4-7,12-13,16-18,20,29-30H,8-11,25H2,1-3H3,(H,26,35)(H,27,34)(H,28,33)(H,31,32)(H,36,37). The summed E-state index contributed by atoms with van der Waals surface area (Å²) in [6.45, 7) is 4.94. The number of aromatic hydroxyl groups is 1. The third-order valence-corrected chi connectivity index (χ3v) is 5.40. The number of aliphatic hydroxyl groups is 1. The number of phenolic OH excluding ortho intramolecular Hbond substituents is 1. The molecular weight excluding hydrogens is 488 g/mol. The van der Waals surface area contributed by atoms with E-state index in [1.807, 2.05) is 13.8 Å². The van der Waals surface area contributed by atoms with Crippen molar-refractivity contribution in [2.24, 2.45) is 11.7 Å². The third kappa shape index (κ3) is 11.3. The number of carboxylic acids is 2. The predicted octanol–water partition coefficient (Wildman–Crippen LogP) is -0.907. The Kier molecular flexibility index (Phi) is 12.5. The zero-order chi connectivity index (χ0) is 28.3. The molecule has 0 aliphatic rings. The largest absolute Gasteiger partial charge is 0.508 e. The van der Waals surface area contributed by atoms with Crippen molar-refractivity contribution >= 4 is 29.7 Å². The Bertz CT molecular complexity index is 950. The van der Waals surface area contributed by atoms with Crippen LogP contribution in [0.3, 0.4) is 0 Å². The van der Waals surface area contributed by atoms with E-state index in [4.69, 9.17) is 10.8 Å². The van der Waals surface area contributed by atoms with Gasteiger partial charge >= 0.3 is 11.9 Å². The van der Waals surface area contributed by atoms with Gasteiger partial charge in [-0.15, -0.1) is 0 Å². The van der Waals surface area contributed by atoms with Crippen molar-refractivity contribution in [3.63, 3.8) is 0 Å². The quantitative estimate of drug-likeness (QED) is 0.141. The minimum atomic E-state index is -1.50. The molecule has 1 aromatic rings. The van der Waals surface area contributed by atoms with Crippen LogP contribution in [0, 0.1) is 5.92 Å². The molecule has 1 rings (SSSR count). The molecular formula is C24H36N4O9. The summed E-state index contributed by atoms with van der Waals surface area (Å²) >= 11 is 0. The van der Waals surface area contributed by atoms with Crippen LogP contribution in [0.4, 0.5) is 0 Å². The average Bonchev–Trinajstić information content (AvgIpc) is 2.79. The molecule has 0 radical (unpaired) electrons. The molecule has 0 fully saturated rings. The van der Waals surface area contributed by atoms with Gasteiger partial charge in [0.25, 0.3) is 0 Å². The van der Waals surface area contributed by atoms with Crippen molar-refractivity contribution in [2.45, 2.75) is 76.7 Å². The maximum Gasteiger partial charge on any atom is 0.326 e. The molecule has 0 saturated heterocycles. The molecule has 13 heteroatoms. The minimum Gasteiger partial charge on any atom is -0.508 e. The summed E-state index contributed by atoms with van der Waals surface area (Å²) in [5, 5.41) is 45.0. The normalized spacial score (nSPS) is 15.1. The lowest BCUT2D eigenvalue weighted by Gasteiger charge is -2.26. The maximum absolute atomic E-state index is 12.9. The molecule has 9 N–H and O–H groups in total. The van der Waals surface area contributed by atoms with E-state index in [0.29, 0.717) is 12.0 Å². The minimum absolute atomic E-state index is 0.0268. The Morgan fingerprint density at radius 2 is 1.43 bits per heavy atom. The van der Waals surface area contributed by atoms with Gasteiger partial charge in [-0.05, 0) is 43.4 Å². The second-order valence-electron chi connectivity index (χ2n) is 9.23. The number of benzene rings is 1. The first-order valence-electron chi connectivity index (χ1n) is 11.8. The molecule has 3 amide bonds. The fourth-order valence-corrected chi connectivity index (χ4v) is 3.42. The summed E-state index contributed by atoms with van der Waals surface area (Å²) in [7, 11) is 0. The first-order valence-corrected chi connectivity index (χ1v) is 11.8. The number of rotatable bonds is 15. The highest BCUT2D eigenvalue weighted by Gasteiger charge is 2.32. The molecule has 5 atom stereocenters. The van der Waals surface area contributed by atoms with E-state index >= 15 is 0 Å². The van der Waals surface area contributed by atoms with Gasteiger partial charge in [-0.25, -0.2) is 4.79 Å². The molecule has 5 unspecified atom stereocenters. The van der Waals surface area contributed by atoms with Crippen LogP contribution >= 0.6 is 0 Å². The zero-order valence-corrected chi connectivity index (χ0v) is 21.0. The SMILES string of the molecule is CC(C)CC(N)C(=O)NC(C(=O)NC(CCC(=O)O)C(=O)NC(Cc1ccc(O)cc1)C(=O)O)C(C)O. The van der Waals surface area contributed by atoms with Gasteiger partial charge in [-0.1, -0.05) is 26.0 Å². The van der Waals surface area contributed by atoms with Crippen LogP contribution in [0.15, 0.2) is 24.3 Å². The van der Waals surface area contributed by atoms with Crippen molar-refractivity contribution in [2.75, 3.05) is 0 Å². The Morgan fingerprint density at radius 1 is 0.865 bits per heavy atom. The molecule has 0 bridgehead atoms. The number of carbonyl (C=O) groups is 5. The fraction of sp³-hybridized carbons (Fsp3) is 0.542. The van der Waals surface area contributed by atoms with Crippen LogP contribution in [-0.2, 0) is 30.4 Å². The van der Waals surface area contributed by atoms with Crippen LogP contribution in [0.25, 0.3) is 0 Å². The Balaban J connectivity index is 3.02. The van der Waals surface area contributed by atoms with Gasteiger partial charge < -0.3 is 42.1 Å². The van der Waals surface area contributed by atoms with Gasteiger partial charge in [0.1, 0.15) is 23.9 Å². The van der Waals surface area contributed by atoms with Gasteiger partial charge in [0.15, 0.2) is 0 Å². The number of phenols is 1. The van der Waals surface area contributed by atoms with Crippen molar-refractivity contribution in [1.82, 2.24) is 16.0 Å². The zero-order valence-electron chi connectivity index (χ0n) is 21.0. The maximum atomic E-state index is 12.9. The van der Waals surface area contributed by atoms with E-state index < -0.39 is 66.4 Å². The van der Waals surface area contributed by atoms with Crippen molar-refractivity contribution in [3.8, 4) is 5.75 Å². The van der Waals surface area contributed by atoms with Gasteiger partial charge in [-0.2, -0.15) is 0 Å². The summed E-state index contributed by atoms with van der Waals surface area (Å²) in [5.74, 6) is -5.21. The molecule has 37 heavy (non-hydrogen) atoms. The van der Waals surface area contributed by atoms with Crippen molar-refractivity contribution < 1.29 is 44.4 Å². The topological polar surface area (TPSA) is 228 Å². The number of aliphatic hydroxyl groups excluding tert-OH is 1. The van der Waals surface area contributed by atoms with Crippen molar-refractivity contribution in [3.05, 3.63) is 29.8 Å². The number of amides is 3. The highest BCUT2D eigenvalue weighted by Crippen LogP contribution is 2.12. The van der Waals surface area contributed by atoms with E-state index in [-0.39, 0.29) is 24.5 Å². The van der Waals surface area contributed by atoms with Gasteiger partial charge in [0.05, 0.1) is 12.1 Å². The summed E-state index contributed by atoms with van der Waals surface area (Å²) in [5.41, 5.74) is 6.32. The number of nitrogens with one attached hydrogen (secondary N) is 3. The molecule has 1 aromatic carbocycles. The van der Waals surface area contributed by atoms with E-state index in [9.17, 15) is 39.3 Å². The fourth-order valence-electron chi connectivity index (χ4n) is 3.42. The average molecular weight is 525 g/mol. The number of carbonyl (C=O) groups excluding carboxylic acids is 3. The first-order chi connectivity index (χ1) is 17.2. The monoisotopic (exact) mass is 524 g/mol. The Hall–Kier alpha value is -3.71. The van der Waals surface area contributed by atoms with E-state index in [0.717, 1.165) is 0 Å². The second kappa shape index (κ2) is 14.8. The number of hydrogen-bond donors (Lipinski definition) is 8. The molecule has 13 nitrogen and oxygen atoms in total. The summed E-state index contributed by atoms with van der Waals surface area (Å²) < 4.78 is 0. The van der Waals surface area contributed by atoms with Gasteiger partial charge in [0, 0.05) is 12.8 Å². The lowest BCUT2D eigenvalue weighted by molar-refractivity contribution is -0.143. The molecule has 0 aromatic heterocycles. The molecule has 0 spiro atoms. The molecule has 0 aliphatic heterocycles. The smallest absolute Gasteiger partial charge is 0.326 e. The lowest BCUT2D eigenvalue weighted by Crippen LogP contribution is -2.60. The van der Waals surface area contributed by atoms with Crippen LogP contribution in [-0.4, -0.2) is 80.4 Å². The predicted molar refractivity (Wildman–Crippen MR) is 131 cm³/mol. The summed E-state index contributed by atoms with van der Waals surface area (Å²) in [6, 6.07) is 0.291. The van der Waals surface area contributed by atoms with Crippen molar-refractivity contribution in [1.29, 1.82) is 0 Å².